The Labute approximate surface area is 110 Å². The summed E-state index contributed by atoms with van der Waals surface area (Å²) in [6.07, 6.45) is 1.51. The standard InChI is InChI=1S/C13H28N2O3/c1-10(2)6-5-7-18-9-11(16)8-15-13(3,4)12(14)17/h10-11,15-16H,5-9H2,1-4H3,(H2,14,17). The molecule has 4 N–H and O–H groups in total. The second kappa shape index (κ2) is 8.45. The molecule has 0 aliphatic rings. The van der Waals surface area contributed by atoms with Gasteiger partial charge in [-0.3, -0.25) is 4.79 Å². The Balaban J connectivity index is 3.60. The number of aliphatic hydroxyl groups is 1. The van der Waals surface area contributed by atoms with Crippen LogP contribution in [0, 0.1) is 5.92 Å². The molecular weight excluding hydrogens is 232 g/mol. The number of hydrogen-bond donors (Lipinski definition) is 3. The molecular formula is C13H28N2O3. The highest BCUT2D eigenvalue weighted by atomic mass is 16.5. The molecule has 0 saturated heterocycles. The zero-order valence-electron chi connectivity index (χ0n) is 12.0. The average Bonchev–Trinajstić information content (AvgIpc) is 2.25. The first kappa shape index (κ1) is 17.4. The molecule has 0 aromatic carbocycles. The monoisotopic (exact) mass is 260 g/mol. The van der Waals surface area contributed by atoms with Gasteiger partial charge in [0.1, 0.15) is 0 Å². The molecule has 0 saturated carbocycles. The lowest BCUT2D eigenvalue weighted by atomic mass is 10.1. The molecule has 0 spiro atoms. The normalized spacial score (nSPS) is 13.9. The highest BCUT2D eigenvalue weighted by molar-refractivity contribution is 5.83. The first-order chi connectivity index (χ1) is 8.25. The Morgan fingerprint density at radius 1 is 1.44 bits per heavy atom. The van der Waals surface area contributed by atoms with Crippen molar-refractivity contribution in [2.75, 3.05) is 19.8 Å². The third-order valence-electron chi connectivity index (χ3n) is 2.78. The number of carbonyl (C=O) groups is 1. The van der Waals surface area contributed by atoms with E-state index >= 15 is 0 Å². The number of ether oxygens (including phenoxy) is 1. The van der Waals surface area contributed by atoms with E-state index in [1.54, 1.807) is 13.8 Å². The summed E-state index contributed by atoms with van der Waals surface area (Å²) in [4.78, 5) is 11.0. The van der Waals surface area contributed by atoms with Gasteiger partial charge in [-0.05, 0) is 32.6 Å². The van der Waals surface area contributed by atoms with Crippen molar-refractivity contribution in [2.45, 2.75) is 52.2 Å². The van der Waals surface area contributed by atoms with Gasteiger partial charge in [0.2, 0.25) is 5.91 Å². The van der Waals surface area contributed by atoms with Crippen molar-refractivity contribution in [2.24, 2.45) is 11.7 Å². The topological polar surface area (TPSA) is 84.6 Å². The molecule has 0 radical (unpaired) electrons. The van der Waals surface area contributed by atoms with Crippen LogP contribution in [0.4, 0.5) is 0 Å². The van der Waals surface area contributed by atoms with Crippen molar-refractivity contribution >= 4 is 5.91 Å². The van der Waals surface area contributed by atoms with Gasteiger partial charge < -0.3 is 20.9 Å². The predicted octanol–water partition coefficient (Wildman–Crippen LogP) is 0.654. The molecule has 5 nitrogen and oxygen atoms in total. The van der Waals surface area contributed by atoms with Crippen molar-refractivity contribution in [3.8, 4) is 0 Å². The maximum Gasteiger partial charge on any atom is 0.237 e. The van der Waals surface area contributed by atoms with Gasteiger partial charge in [0, 0.05) is 13.2 Å². The van der Waals surface area contributed by atoms with Gasteiger partial charge >= 0.3 is 0 Å². The first-order valence-corrected chi connectivity index (χ1v) is 6.56. The van der Waals surface area contributed by atoms with Gasteiger partial charge in [0.15, 0.2) is 0 Å². The summed E-state index contributed by atoms with van der Waals surface area (Å²) in [5, 5.41) is 12.6. The van der Waals surface area contributed by atoms with E-state index in [9.17, 15) is 9.90 Å². The molecule has 0 fully saturated rings. The number of β-amino-alcohol motifs (C(OH)–C–C–N with tert-alkyl or cyclic N) is 1. The fraction of sp³-hybridized carbons (Fsp3) is 0.923. The molecule has 1 atom stereocenters. The maximum atomic E-state index is 11.0. The summed E-state index contributed by atoms with van der Waals surface area (Å²) in [7, 11) is 0. The van der Waals surface area contributed by atoms with E-state index in [1.807, 2.05) is 0 Å². The van der Waals surface area contributed by atoms with Crippen LogP contribution in [0.1, 0.15) is 40.5 Å². The van der Waals surface area contributed by atoms with Crippen molar-refractivity contribution in [1.82, 2.24) is 5.32 Å². The summed E-state index contributed by atoms with van der Waals surface area (Å²) in [6.45, 7) is 8.95. The molecule has 0 bridgehead atoms. The zero-order chi connectivity index (χ0) is 14.2. The number of amides is 1. The summed E-state index contributed by atoms with van der Waals surface area (Å²) in [6, 6.07) is 0. The van der Waals surface area contributed by atoms with Gasteiger partial charge in [-0.25, -0.2) is 0 Å². The summed E-state index contributed by atoms with van der Waals surface area (Å²) >= 11 is 0. The number of nitrogens with two attached hydrogens (primary N) is 1. The smallest absolute Gasteiger partial charge is 0.237 e. The van der Waals surface area contributed by atoms with Crippen LogP contribution in [-0.2, 0) is 9.53 Å². The molecule has 0 heterocycles. The van der Waals surface area contributed by atoms with E-state index in [4.69, 9.17) is 10.5 Å². The Morgan fingerprint density at radius 3 is 2.56 bits per heavy atom. The molecule has 0 aliphatic carbocycles. The number of aliphatic hydroxyl groups excluding tert-OH is 1. The molecule has 18 heavy (non-hydrogen) atoms. The van der Waals surface area contributed by atoms with Gasteiger partial charge in [0.25, 0.3) is 0 Å². The van der Waals surface area contributed by atoms with Crippen LogP contribution in [0.15, 0.2) is 0 Å². The molecule has 108 valence electrons. The largest absolute Gasteiger partial charge is 0.389 e. The Hall–Kier alpha value is -0.650. The predicted molar refractivity (Wildman–Crippen MR) is 72.2 cm³/mol. The number of carbonyl (C=O) groups excluding carboxylic acids is 1. The van der Waals surface area contributed by atoms with Crippen LogP contribution < -0.4 is 11.1 Å². The fourth-order valence-electron chi connectivity index (χ4n) is 1.33. The summed E-state index contributed by atoms with van der Waals surface area (Å²) in [5.41, 5.74) is 4.40. The third kappa shape index (κ3) is 8.44. The SMILES string of the molecule is CC(C)CCCOCC(O)CNC(C)(C)C(N)=O. The molecule has 1 unspecified atom stereocenters. The third-order valence-corrected chi connectivity index (χ3v) is 2.78. The van der Waals surface area contributed by atoms with E-state index in [-0.39, 0.29) is 6.61 Å². The van der Waals surface area contributed by atoms with Crippen LogP contribution in [0.5, 0.6) is 0 Å². The van der Waals surface area contributed by atoms with Crippen molar-refractivity contribution in [3.63, 3.8) is 0 Å². The van der Waals surface area contributed by atoms with Crippen molar-refractivity contribution < 1.29 is 14.6 Å². The van der Waals surface area contributed by atoms with Gasteiger partial charge in [-0.15, -0.1) is 0 Å². The zero-order valence-corrected chi connectivity index (χ0v) is 12.0. The van der Waals surface area contributed by atoms with E-state index in [0.717, 1.165) is 12.8 Å². The highest BCUT2D eigenvalue weighted by Gasteiger charge is 2.24. The number of hydrogen-bond acceptors (Lipinski definition) is 4. The average molecular weight is 260 g/mol. The lowest BCUT2D eigenvalue weighted by Gasteiger charge is -2.24. The summed E-state index contributed by atoms with van der Waals surface area (Å²) in [5.74, 6) is 0.240. The molecule has 0 aromatic heterocycles. The molecule has 0 rings (SSSR count). The second-order valence-corrected chi connectivity index (χ2v) is 5.63. The second-order valence-electron chi connectivity index (χ2n) is 5.63. The van der Waals surface area contributed by atoms with Crippen LogP contribution in [0.2, 0.25) is 0 Å². The van der Waals surface area contributed by atoms with Gasteiger partial charge in [-0.1, -0.05) is 13.8 Å². The van der Waals surface area contributed by atoms with E-state index in [1.165, 1.54) is 0 Å². The van der Waals surface area contributed by atoms with E-state index < -0.39 is 17.6 Å². The van der Waals surface area contributed by atoms with Gasteiger partial charge in [0.05, 0.1) is 18.2 Å². The van der Waals surface area contributed by atoms with Crippen LogP contribution in [0.25, 0.3) is 0 Å². The molecule has 0 aromatic rings. The number of primary amides is 1. The summed E-state index contributed by atoms with van der Waals surface area (Å²) < 4.78 is 5.37. The van der Waals surface area contributed by atoms with E-state index in [2.05, 4.69) is 19.2 Å². The maximum absolute atomic E-state index is 11.0. The molecule has 0 aliphatic heterocycles. The lowest BCUT2D eigenvalue weighted by molar-refractivity contribution is -0.123. The van der Waals surface area contributed by atoms with Gasteiger partial charge in [-0.2, -0.15) is 0 Å². The minimum atomic E-state index is -0.807. The molecule has 1 amide bonds. The Bertz CT molecular complexity index is 242. The van der Waals surface area contributed by atoms with Crippen LogP contribution in [0.3, 0.4) is 0 Å². The minimum absolute atomic E-state index is 0.278. The van der Waals surface area contributed by atoms with Crippen molar-refractivity contribution in [1.29, 1.82) is 0 Å². The first-order valence-electron chi connectivity index (χ1n) is 6.56. The quantitative estimate of drug-likeness (QED) is 0.504. The number of rotatable bonds is 10. The number of nitrogens with one attached hydrogen (secondary N) is 1. The fourth-order valence-corrected chi connectivity index (χ4v) is 1.33. The Kier molecular flexibility index (Phi) is 8.15. The Morgan fingerprint density at radius 2 is 2.06 bits per heavy atom. The highest BCUT2D eigenvalue weighted by Crippen LogP contribution is 2.03. The molecule has 5 heteroatoms. The van der Waals surface area contributed by atoms with Crippen LogP contribution >= 0.6 is 0 Å². The lowest BCUT2D eigenvalue weighted by Crippen LogP contribution is -2.53. The van der Waals surface area contributed by atoms with E-state index in [0.29, 0.717) is 19.1 Å². The minimum Gasteiger partial charge on any atom is -0.389 e. The van der Waals surface area contributed by atoms with Crippen LogP contribution in [-0.4, -0.2) is 42.4 Å². The van der Waals surface area contributed by atoms with Crippen molar-refractivity contribution in [3.05, 3.63) is 0 Å².